The van der Waals surface area contributed by atoms with Crippen molar-refractivity contribution in [1.29, 1.82) is 0 Å². The molecule has 0 fully saturated rings. The normalized spacial score (nSPS) is 10.0. The average Bonchev–Trinajstić information content (AvgIpc) is 2.39. The summed E-state index contributed by atoms with van der Waals surface area (Å²) in [4.78, 5) is 22.7. The van der Waals surface area contributed by atoms with Gasteiger partial charge in [-0.3, -0.25) is 9.59 Å². The maximum atomic E-state index is 11.9. The molecule has 0 radical (unpaired) electrons. The van der Waals surface area contributed by atoms with E-state index in [1.165, 1.54) is 12.1 Å². The number of anilines is 1. The number of hydrogen-bond acceptors (Lipinski definition) is 4. The van der Waals surface area contributed by atoms with Gasteiger partial charge in [-0.1, -0.05) is 0 Å². The van der Waals surface area contributed by atoms with Crippen molar-refractivity contribution in [3.63, 3.8) is 0 Å². The fourth-order valence-corrected chi connectivity index (χ4v) is 1.62. The van der Waals surface area contributed by atoms with Crippen molar-refractivity contribution in [2.75, 3.05) is 12.4 Å². The number of nitrogens with one attached hydrogen (secondary N) is 2. The van der Waals surface area contributed by atoms with Crippen LogP contribution in [0.2, 0.25) is 0 Å². The average molecular weight is 259 g/mol. The number of aromatic nitrogens is 2. The Labute approximate surface area is 109 Å². The maximum absolute atomic E-state index is 11.9. The van der Waals surface area contributed by atoms with E-state index in [2.05, 4.69) is 15.5 Å². The molecule has 98 valence electrons. The maximum Gasteiger partial charge on any atom is 0.276 e. The summed E-state index contributed by atoms with van der Waals surface area (Å²) >= 11 is 0. The predicted molar refractivity (Wildman–Crippen MR) is 70.5 cm³/mol. The molecular weight excluding hydrogens is 246 g/mol. The number of aromatic amines is 1. The summed E-state index contributed by atoms with van der Waals surface area (Å²) in [6, 6.07) is 7.91. The van der Waals surface area contributed by atoms with Crippen molar-refractivity contribution in [2.24, 2.45) is 0 Å². The highest BCUT2D eigenvalue weighted by Gasteiger charge is 2.08. The largest absolute Gasteiger partial charge is 0.496 e. The van der Waals surface area contributed by atoms with Crippen molar-refractivity contribution in [3.05, 3.63) is 51.9 Å². The van der Waals surface area contributed by atoms with Gasteiger partial charge in [0, 0.05) is 11.8 Å². The first-order valence-corrected chi connectivity index (χ1v) is 5.62. The van der Waals surface area contributed by atoms with E-state index in [0.717, 1.165) is 11.3 Å². The molecular formula is C13H13N3O3. The molecule has 1 aromatic carbocycles. The number of carbonyl (C=O) groups is 1. The van der Waals surface area contributed by atoms with Crippen LogP contribution < -0.4 is 15.6 Å². The second kappa shape index (κ2) is 5.34. The van der Waals surface area contributed by atoms with Gasteiger partial charge < -0.3 is 10.1 Å². The zero-order valence-corrected chi connectivity index (χ0v) is 10.6. The molecule has 0 bridgehead atoms. The number of nitrogens with zero attached hydrogens (tertiary/aromatic N) is 1. The van der Waals surface area contributed by atoms with Crippen LogP contribution in [0.4, 0.5) is 5.69 Å². The monoisotopic (exact) mass is 259 g/mol. The lowest BCUT2D eigenvalue weighted by atomic mass is 10.2. The molecule has 0 atom stereocenters. The number of benzene rings is 1. The Bertz CT molecular complexity index is 644. The standard InChI is InChI=1S/C13H13N3O3/c1-8-7-9(3-5-11(8)19-2)14-13(18)10-4-6-12(17)16-15-10/h3-7H,1-2H3,(H,14,18)(H,16,17). The number of methoxy groups -OCH3 is 1. The van der Waals surface area contributed by atoms with E-state index < -0.39 is 0 Å². The number of amides is 1. The first-order chi connectivity index (χ1) is 9.10. The second-order valence-corrected chi connectivity index (χ2v) is 3.94. The van der Waals surface area contributed by atoms with Gasteiger partial charge in [-0.15, -0.1) is 0 Å². The molecule has 0 spiro atoms. The van der Waals surface area contributed by atoms with Crippen LogP contribution in [0, 0.1) is 6.92 Å². The second-order valence-electron chi connectivity index (χ2n) is 3.94. The summed E-state index contributed by atoms with van der Waals surface area (Å²) in [6.45, 7) is 1.88. The molecule has 1 heterocycles. The van der Waals surface area contributed by atoms with E-state index in [9.17, 15) is 9.59 Å². The number of carbonyl (C=O) groups excluding carboxylic acids is 1. The molecule has 6 heteroatoms. The number of aryl methyl sites for hydroxylation is 1. The Kier molecular flexibility index (Phi) is 3.61. The van der Waals surface area contributed by atoms with Crippen molar-refractivity contribution < 1.29 is 9.53 Å². The fraction of sp³-hybridized carbons (Fsp3) is 0.154. The highest BCUT2D eigenvalue weighted by atomic mass is 16.5. The number of ether oxygens (including phenoxy) is 1. The lowest BCUT2D eigenvalue weighted by Gasteiger charge is -2.08. The summed E-state index contributed by atoms with van der Waals surface area (Å²) in [5, 5.41) is 8.56. The highest BCUT2D eigenvalue weighted by Crippen LogP contribution is 2.21. The van der Waals surface area contributed by atoms with E-state index in [1.807, 2.05) is 6.92 Å². The minimum absolute atomic E-state index is 0.146. The lowest BCUT2D eigenvalue weighted by molar-refractivity contribution is 0.102. The molecule has 2 rings (SSSR count). The van der Waals surface area contributed by atoms with Gasteiger partial charge in [-0.05, 0) is 36.8 Å². The molecule has 6 nitrogen and oxygen atoms in total. The minimum Gasteiger partial charge on any atom is -0.496 e. The minimum atomic E-state index is -0.388. The third-order valence-corrected chi connectivity index (χ3v) is 2.56. The van der Waals surface area contributed by atoms with Crippen LogP contribution in [0.3, 0.4) is 0 Å². The van der Waals surface area contributed by atoms with E-state index in [-0.39, 0.29) is 17.2 Å². The van der Waals surface area contributed by atoms with Gasteiger partial charge in [0.1, 0.15) is 11.4 Å². The van der Waals surface area contributed by atoms with Crippen LogP contribution >= 0.6 is 0 Å². The Morgan fingerprint density at radius 2 is 2.11 bits per heavy atom. The van der Waals surface area contributed by atoms with Crippen LogP contribution in [-0.2, 0) is 0 Å². The zero-order chi connectivity index (χ0) is 13.8. The molecule has 0 saturated heterocycles. The smallest absolute Gasteiger partial charge is 0.276 e. The van der Waals surface area contributed by atoms with Gasteiger partial charge in [0.2, 0.25) is 0 Å². The van der Waals surface area contributed by atoms with Crippen LogP contribution in [0.1, 0.15) is 16.1 Å². The highest BCUT2D eigenvalue weighted by molar-refractivity contribution is 6.02. The Morgan fingerprint density at radius 3 is 2.68 bits per heavy atom. The molecule has 2 N–H and O–H groups in total. The molecule has 0 saturated carbocycles. The zero-order valence-electron chi connectivity index (χ0n) is 10.6. The first-order valence-electron chi connectivity index (χ1n) is 5.62. The van der Waals surface area contributed by atoms with Gasteiger partial charge in [0.15, 0.2) is 0 Å². The molecule has 0 aliphatic carbocycles. The topological polar surface area (TPSA) is 84.1 Å². The third kappa shape index (κ3) is 2.98. The van der Waals surface area contributed by atoms with Crippen molar-refractivity contribution in [1.82, 2.24) is 10.2 Å². The summed E-state index contributed by atoms with van der Waals surface area (Å²) in [6.07, 6.45) is 0. The van der Waals surface area contributed by atoms with Crippen LogP contribution in [0.25, 0.3) is 0 Å². The summed E-state index contributed by atoms with van der Waals surface area (Å²) in [5.74, 6) is 0.362. The van der Waals surface area contributed by atoms with Gasteiger partial charge in [0.05, 0.1) is 7.11 Å². The quantitative estimate of drug-likeness (QED) is 0.871. The molecule has 0 aliphatic rings. The van der Waals surface area contributed by atoms with Gasteiger partial charge in [-0.2, -0.15) is 5.10 Å². The first kappa shape index (κ1) is 12.8. The number of rotatable bonds is 3. The molecule has 0 aliphatic heterocycles. The third-order valence-electron chi connectivity index (χ3n) is 2.56. The molecule has 19 heavy (non-hydrogen) atoms. The molecule has 1 aromatic heterocycles. The van der Waals surface area contributed by atoms with Crippen LogP contribution in [0.15, 0.2) is 35.1 Å². The molecule has 0 unspecified atom stereocenters. The van der Waals surface area contributed by atoms with Crippen molar-refractivity contribution in [3.8, 4) is 5.75 Å². The van der Waals surface area contributed by atoms with E-state index in [0.29, 0.717) is 5.69 Å². The lowest BCUT2D eigenvalue weighted by Crippen LogP contribution is -2.17. The van der Waals surface area contributed by atoms with Gasteiger partial charge in [-0.25, -0.2) is 5.10 Å². The van der Waals surface area contributed by atoms with E-state index in [1.54, 1.807) is 25.3 Å². The van der Waals surface area contributed by atoms with E-state index in [4.69, 9.17) is 4.74 Å². The predicted octanol–water partition coefficient (Wildman–Crippen LogP) is 1.34. The number of hydrogen-bond donors (Lipinski definition) is 2. The molecule has 1 amide bonds. The van der Waals surface area contributed by atoms with Crippen molar-refractivity contribution >= 4 is 11.6 Å². The van der Waals surface area contributed by atoms with E-state index >= 15 is 0 Å². The fourth-order valence-electron chi connectivity index (χ4n) is 1.62. The Hall–Kier alpha value is -2.63. The van der Waals surface area contributed by atoms with Crippen LogP contribution in [0.5, 0.6) is 5.75 Å². The molecule has 2 aromatic rings. The number of H-pyrrole nitrogens is 1. The van der Waals surface area contributed by atoms with Gasteiger partial charge in [0.25, 0.3) is 11.5 Å². The van der Waals surface area contributed by atoms with Gasteiger partial charge >= 0.3 is 0 Å². The summed E-state index contributed by atoms with van der Waals surface area (Å²) < 4.78 is 5.14. The Morgan fingerprint density at radius 1 is 1.32 bits per heavy atom. The summed E-state index contributed by atoms with van der Waals surface area (Å²) in [7, 11) is 1.59. The van der Waals surface area contributed by atoms with Crippen LogP contribution in [-0.4, -0.2) is 23.2 Å². The van der Waals surface area contributed by atoms with Crippen molar-refractivity contribution in [2.45, 2.75) is 6.92 Å². The SMILES string of the molecule is COc1ccc(NC(=O)c2ccc(=O)[nH]n2)cc1C. The Balaban J connectivity index is 2.17. The summed E-state index contributed by atoms with van der Waals surface area (Å²) in [5.41, 5.74) is 1.34.